The van der Waals surface area contributed by atoms with Crippen LogP contribution in [-0.4, -0.2) is 16.8 Å². The van der Waals surface area contributed by atoms with Crippen LogP contribution in [0.3, 0.4) is 0 Å². The lowest BCUT2D eigenvalue weighted by Gasteiger charge is -2.40. The molecule has 0 atom stereocenters. The summed E-state index contributed by atoms with van der Waals surface area (Å²) >= 11 is 5.97. The Kier molecular flexibility index (Phi) is 5.62. The average molecular weight is 378 g/mol. The molecule has 1 aromatic rings. The SMILES string of the molecule is FC1(F)CCC(C(Cc2cccc(Cl)n2)C2CCC(F)(F)CC2)CC1. The van der Waals surface area contributed by atoms with Gasteiger partial charge in [0.05, 0.1) is 0 Å². The third-order valence-corrected chi connectivity index (χ3v) is 6.16. The molecule has 2 aliphatic rings. The quantitative estimate of drug-likeness (QED) is 0.428. The molecule has 140 valence electrons. The monoisotopic (exact) mass is 377 g/mol. The number of alkyl halides is 4. The van der Waals surface area contributed by atoms with Crippen LogP contribution < -0.4 is 0 Å². The lowest BCUT2D eigenvalue weighted by molar-refractivity contribution is -0.0727. The second-order valence-electron chi connectivity index (χ2n) is 7.71. The summed E-state index contributed by atoms with van der Waals surface area (Å²) in [6.07, 6.45) is 2.10. The van der Waals surface area contributed by atoms with Gasteiger partial charge in [-0.15, -0.1) is 0 Å². The first kappa shape index (κ1) is 18.9. The molecule has 0 spiro atoms. The molecule has 0 bridgehead atoms. The minimum absolute atomic E-state index is 0.0972. The predicted octanol–water partition coefficient (Wildman–Crippen LogP) is 6.54. The highest BCUT2D eigenvalue weighted by Crippen LogP contribution is 2.47. The van der Waals surface area contributed by atoms with Crippen LogP contribution in [0, 0.1) is 17.8 Å². The number of pyridine rings is 1. The summed E-state index contributed by atoms with van der Waals surface area (Å²) in [5.41, 5.74) is 0.826. The smallest absolute Gasteiger partial charge is 0.241 e. The molecular weight excluding hydrogens is 354 g/mol. The summed E-state index contributed by atoms with van der Waals surface area (Å²) in [5.74, 6) is -4.73. The Labute approximate surface area is 151 Å². The van der Waals surface area contributed by atoms with E-state index < -0.39 is 11.8 Å². The fourth-order valence-electron chi connectivity index (χ4n) is 4.50. The van der Waals surface area contributed by atoms with Crippen LogP contribution in [0.5, 0.6) is 0 Å². The normalized spacial score (nSPS) is 24.6. The second kappa shape index (κ2) is 7.42. The zero-order valence-electron chi connectivity index (χ0n) is 14.2. The van der Waals surface area contributed by atoms with Crippen LogP contribution in [0.4, 0.5) is 17.6 Å². The van der Waals surface area contributed by atoms with Crippen LogP contribution in [0.15, 0.2) is 18.2 Å². The van der Waals surface area contributed by atoms with Crippen molar-refractivity contribution in [3.63, 3.8) is 0 Å². The number of aromatic nitrogens is 1. The molecule has 0 radical (unpaired) electrons. The summed E-state index contributed by atoms with van der Waals surface area (Å²) in [5, 5.41) is 0.404. The summed E-state index contributed by atoms with van der Waals surface area (Å²) in [6, 6.07) is 5.40. The number of halogens is 5. The van der Waals surface area contributed by atoms with Gasteiger partial charge in [0, 0.05) is 31.4 Å². The van der Waals surface area contributed by atoms with Gasteiger partial charge in [0.2, 0.25) is 11.8 Å². The first-order chi connectivity index (χ1) is 11.7. The lowest BCUT2D eigenvalue weighted by atomic mass is 9.67. The molecule has 1 nitrogen and oxygen atoms in total. The van der Waals surface area contributed by atoms with E-state index in [0.29, 0.717) is 37.3 Å². The molecule has 2 aliphatic carbocycles. The van der Waals surface area contributed by atoms with Crippen molar-refractivity contribution in [2.45, 2.75) is 69.6 Å². The van der Waals surface area contributed by atoms with Crippen molar-refractivity contribution < 1.29 is 17.6 Å². The van der Waals surface area contributed by atoms with Gasteiger partial charge >= 0.3 is 0 Å². The molecule has 2 saturated carbocycles. The predicted molar refractivity (Wildman–Crippen MR) is 90.3 cm³/mol. The molecule has 1 heterocycles. The molecule has 0 amide bonds. The van der Waals surface area contributed by atoms with Gasteiger partial charge in [0.15, 0.2) is 0 Å². The lowest BCUT2D eigenvalue weighted by Crippen LogP contribution is -2.36. The molecule has 3 rings (SSSR count). The Balaban J connectivity index is 1.74. The molecule has 0 N–H and O–H groups in total. The summed E-state index contributed by atoms with van der Waals surface area (Å²) in [4.78, 5) is 4.33. The fraction of sp³-hybridized carbons (Fsp3) is 0.737. The molecule has 1 aromatic heterocycles. The van der Waals surface area contributed by atoms with E-state index in [1.54, 1.807) is 6.07 Å². The van der Waals surface area contributed by atoms with Crippen LogP contribution >= 0.6 is 11.6 Å². The topological polar surface area (TPSA) is 12.9 Å². The first-order valence-electron chi connectivity index (χ1n) is 9.11. The highest BCUT2D eigenvalue weighted by Gasteiger charge is 2.43. The minimum atomic E-state index is -2.57. The zero-order chi connectivity index (χ0) is 18.1. The average Bonchev–Trinajstić information content (AvgIpc) is 2.53. The Bertz CT molecular complexity index is 545. The van der Waals surface area contributed by atoms with Gasteiger partial charge < -0.3 is 0 Å². The zero-order valence-corrected chi connectivity index (χ0v) is 14.9. The van der Waals surface area contributed by atoms with Gasteiger partial charge in [-0.1, -0.05) is 17.7 Å². The first-order valence-corrected chi connectivity index (χ1v) is 9.49. The van der Waals surface area contributed by atoms with Gasteiger partial charge in [-0.2, -0.15) is 0 Å². The van der Waals surface area contributed by atoms with Crippen molar-refractivity contribution in [1.29, 1.82) is 0 Å². The summed E-state index contributed by atoms with van der Waals surface area (Å²) in [7, 11) is 0. The van der Waals surface area contributed by atoms with E-state index in [4.69, 9.17) is 11.6 Å². The number of rotatable bonds is 4. The van der Waals surface area contributed by atoms with E-state index in [9.17, 15) is 17.6 Å². The molecule has 2 fully saturated rings. The molecule has 25 heavy (non-hydrogen) atoms. The highest BCUT2D eigenvalue weighted by atomic mass is 35.5. The molecule has 0 saturated heterocycles. The Morgan fingerprint density at radius 1 is 0.920 bits per heavy atom. The van der Waals surface area contributed by atoms with E-state index in [2.05, 4.69) is 4.98 Å². The number of hydrogen-bond acceptors (Lipinski definition) is 1. The van der Waals surface area contributed by atoms with Crippen molar-refractivity contribution in [2.75, 3.05) is 0 Å². The molecule has 0 unspecified atom stereocenters. The summed E-state index contributed by atoms with van der Waals surface area (Å²) in [6.45, 7) is 0. The van der Waals surface area contributed by atoms with E-state index in [1.807, 2.05) is 12.1 Å². The Morgan fingerprint density at radius 2 is 1.40 bits per heavy atom. The molecule has 0 aromatic carbocycles. The molecule has 6 heteroatoms. The maximum atomic E-state index is 13.5. The van der Waals surface area contributed by atoms with E-state index in [1.165, 1.54) is 0 Å². The van der Waals surface area contributed by atoms with Crippen molar-refractivity contribution in [2.24, 2.45) is 17.8 Å². The van der Waals surface area contributed by atoms with Crippen molar-refractivity contribution in [1.82, 2.24) is 4.98 Å². The van der Waals surface area contributed by atoms with E-state index >= 15 is 0 Å². The highest BCUT2D eigenvalue weighted by molar-refractivity contribution is 6.29. The Hall–Kier alpha value is -0.840. The van der Waals surface area contributed by atoms with Crippen LogP contribution in [0.2, 0.25) is 5.15 Å². The van der Waals surface area contributed by atoms with E-state index in [-0.39, 0.29) is 43.4 Å². The number of hydrogen-bond donors (Lipinski definition) is 0. The van der Waals surface area contributed by atoms with Crippen molar-refractivity contribution >= 4 is 11.6 Å². The number of nitrogens with zero attached hydrogens (tertiary/aromatic N) is 1. The van der Waals surface area contributed by atoms with Gasteiger partial charge in [-0.25, -0.2) is 22.5 Å². The van der Waals surface area contributed by atoms with Crippen LogP contribution in [-0.2, 0) is 6.42 Å². The second-order valence-corrected chi connectivity index (χ2v) is 8.09. The van der Waals surface area contributed by atoms with Crippen molar-refractivity contribution in [3.8, 4) is 0 Å². The minimum Gasteiger partial charge on any atom is -0.241 e. The third kappa shape index (κ3) is 5.08. The van der Waals surface area contributed by atoms with E-state index in [0.717, 1.165) is 5.69 Å². The maximum absolute atomic E-state index is 13.5. The van der Waals surface area contributed by atoms with Gasteiger partial charge in [-0.05, 0) is 62.0 Å². The largest absolute Gasteiger partial charge is 0.248 e. The van der Waals surface area contributed by atoms with Gasteiger partial charge in [0.1, 0.15) is 5.15 Å². The standard InChI is InChI=1S/C19H24ClF4N/c20-17-3-1-2-15(25-17)12-16(13-4-8-18(21,22)9-5-13)14-6-10-19(23,24)11-7-14/h1-3,13-14,16H,4-12H2. The fourth-order valence-corrected chi connectivity index (χ4v) is 4.69. The van der Waals surface area contributed by atoms with Crippen LogP contribution in [0.1, 0.15) is 57.1 Å². The summed E-state index contributed by atoms with van der Waals surface area (Å²) < 4.78 is 54.1. The van der Waals surface area contributed by atoms with Crippen LogP contribution in [0.25, 0.3) is 0 Å². The maximum Gasteiger partial charge on any atom is 0.248 e. The van der Waals surface area contributed by atoms with Crippen molar-refractivity contribution in [3.05, 3.63) is 29.0 Å². The van der Waals surface area contributed by atoms with Gasteiger partial charge in [-0.3, -0.25) is 0 Å². The third-order valence-electron chi connectivity index (χ3n) is 5.95. The molecule has 0 aliphatic heterocycles. The Morgan fingerprint density at radius 3 is 1.84 bits per heavy atom. The molecular formula is C19H24ClF4N. The van der Waals surface area contributed by atoms with Gasteiger partial charge in [0.25, 0.3) is 0 Å².